The molecular weight excluding hydrogens is 1060 g/mol. The number of carbonyl (C=O) groups excluding carboxylic acids is 2. The van der Waals surface area contributed by atoms with E-state index in [1.165, 1.54) is 295 Å². The van der Waals surface area contributed by atoms with Crippen molar-refractivity contribution in [1.82, 2.24) is 5.32 Å². The zero-order valence-corrected chi connectivity index (χ0v) is 55.8. The minimum absolute atomic E-state index is 0.0145. The van der Waals surface area contributed by atoms with Crippen molar-refractivity contribution in [2.45, 2.75) is 416 Å². The Morgan fingerprint density at radius 3 is 1.16 bits per heavy atom. The summed E-state index contributed by atoms with van der Waals surface area (Å²) in [5, 5.41) is 54.5. The lowest BCUT2D eigenvalue weighted by molar-refractivity contribution is -0.302. The molecule has 0 bridgehead atoms. The van der Waals surface area contributed by atoms with E-state index in [1.807, 2.05) is 6.08 Å². The Morgan fingerprint density at radius 1 is 0.424 bits per heavy atom. The molecule has 7 atom stereocenters. The fourth-order valence-electron chi connectivity index (χ4n) is 12.0. The van der Waals surface area contributed by atoms with Crippen molar-refractivity contribution in [1.29, 1.82) is 0 Å². The second-order valence-electron chi connectivity index (χ2n) is 26.0. The van der Waals surface area contributed by atoms with Crippen LogP contribution in [0.4, 0.5) is 0 Å². The third-order valence-corrected chi connectivity index (χ3v) is 17.8. The first-order valence-corrected chi connectivity index (χ1v) is 37.1. The second kappa shape index (κ2) is 63.7. The Bertz CT molecular complexity index is 1460. The van der Waals surface area contributed by atoms with Crippen molar-refractivity contribution >= 4 is 11.9 Å². The normalized spacial score (nSPS) is 18.0. The van der Waals surface area contributed by atoms with Crippen LogP contribution in [0.2, 0.25) is 0 Å². The molecule has 1 aliphatic rings. The van der Waals surface area contributed by atoms with Gasteiger partial charge in [0.25, 0.3) is 0 Å². The molecule has 0 aromatic carbocycles. The van der Waals surface area contributed by atoms with Gasteiger partial charge >= 0.3 is 5.97 Å². The maximum Gasteiger partial charge on any atom is 0.305 e. The number of esters is 1. The van der Waals surface area contributed by atoms with E-state index in [-0.39, 0.29) is 18.5 Å². The van der Waals surface area contributed by atoms with Crippen LogP contribution in [-0.4, -0.2) is 100 Å². The Kier molecular flexibility index (Phi) is 60.8. The zero-order chi connectivity index (χ0) is 61.6. The van der Waals surface area contributed by atoms with E-state index in [2.05, 4.69) is 31.3 Å². The number of hydrogen-bond acceptors (Lipinski definition) is 10. The fourth-order valence-corrected chi connectivity index (χ4v) is 12.0. The summed E-state index contributed by atoms with van der Waals surface area (Å²) in [5.74, 6) is -0.171. The lowest BCUT2D eigenvalue weighted by Gasteiger charge is -2.40. The number of hydrogen-bond donors (Lipinski definition) is 6. The summed E-state index contributed by atoms with van der Waals surface area (Å²) in [6.07, 6.45) is 70.5. The van der Waals surface area contributed by atoms with E-state index in [0.29, 0.717) is 19.4 Å². The first-order valence-electron chi connectivity index (χ1n) is 37.1. The van der Waals surface area contributed by atoms with Gasteiger partial charge in [0.15, 0.2) is 6.29 Å². The number of aliphatic hydroxyl groups excluding tert-OH is 5. The molecule has 1 saturated heterocycles. The first kappa shape index (κ1) is 81.2. The van der Waals surface area contributed by atoms with Crippen LogP contribution in [0.5, 0.6) is 0 Å². The highest BCUT2D eigenvalue weighted by Crippen LogP contribution is 2.24. The molecule has 1 fully saturated rings. The van der Waals surface area contributed by atoms with Gasteiger partial charge < -0.3 is 45.1 Å². The van der Waals surface area contributed by atoms with Gasteiger partial charge in [-0.3, -0.25) is 9.59 Å². The molecule has 1 aliphatic heterocycles. The van der Waals surface area contributed by atoms with Crippen LogP contribution >= 0.6 is 0 Å². The minimum Gasteiger partial charge on any atom is -0.466 e. The van der Waals surface area contributed by atoms with Gasteiger partial charge in [0.2, 0.25) is 5.91 Å². The quantitative estimate of drug-likeness (QED) is 0.0195. The summed E-state index contributed by atoms with van der Waals surface area (Å²) in [4.78, 5) is 25.1. The number of rotatable bonds is 66. The molecule has 0 aliphatic carbocycles. The van der Waals surface area contributed by atoms with E-state index in [4.69, 9.17) is 14.2 Å². The number of carbonyl (C=O) groups is 2. The van der Waals surface area contributed by atoms with Gasteiger partial charge in [-0.1, -0.05) is 340 Å². The molecule has 0 radical (unpaired) electrons. The molecule has 11 heteroatoms. The number of allylic oxidation sites excluding steroid dienone is 3. The molecule has 0 spiro atoms. The molecule has 1 heterocycles. The van der Waals surface area contributed by atoms with E-state index < -0.39 is 49.5 Å². The van der Waals surface area contributed by atoms with Crippen LogP contribution in [0.1, 0.15) is 373 Å². The highest BCUT2D eigenvalue weighted by Gasteiger charge is 2.44. The molecule has 11 nitrogen and oxygen atoms in total. The smallest absolute Gasteiger partial charge is 0.305 e. The molecular formula is C74H141NO10. The van der Waals surface area contributed by atoms with Gasteiger partial charge in [-0.25, -0.2) is 0 Å². The molecule has 0 aromatic heterocycles. The van der Waals surface area contributed by atoms with E-state index in [0.717, 1.165) is 51.4 Å². The van der Waals surface area contributed by atoms with E-state index in [9.17, 15) is 35.1 Å². The molecule has 1 rings (SSSR count). The van der Waals surface area contributed by atoms with Crippen LogP contribution < -0.4 is 5.32 Å². The maximum atomic E-state index is 13.1. The van der Waals surface area contributed by atoms with Crippen molar-refractivity contribution in [3.8, 4) is 0 Å². The Labute approximate surface area is 524 Å². The van der Waals surface area contributed by atoms with Gasteiger partial charge in [-0.15, -0.1) is 0 Å². The second-order valence-corrected chi connectivity index (χ2v) is 26.0. The van der Waals surface area contributed by atoms with Crippen molar-refractivity contribution in [2.24, 2.45) is 0 Å². The van der Waals surface area contributed by atoms with Gasteiger partial charge in [0, 0.05) is 12.8 Å². The molecule has 0 saturated carbocycles. The Balaban J connectivity index is 1.93. The predicted molar refractivity (Wildman–Crippen MR) is 357 cm³/mol. The van der Waals surface area contributed by atoms with E-state index >= 15 is 0 Å². The maximum absolute atomic E-state index is 13.1. The topological polar surface area (TPSA) is 175 Å². The molecule has 502 valence electrons. The number of amides is 1. The third kappa shape index (κ3) is 52.6. The molecule has 1 amide bonds. The average molecular weight is 1200 g/mol. The van der Waals surface area contributed by atoms with Crippen LogP contribution in [0.15, 0.2) is 24.3 Å². The summed E-state index contributed by atoms with van der Waals surface area (Å²) in [6.45, 7) is 4.36. The highest BCUT2D eigenvalue weighted by atomic mass is 16.7. The predicted octanol–water partition coefficient (Wildman–Crippen LogP) is 19.2. The van der Waals surface area contributed by atoms with Crippen molar-refractivity contribution < 1.29 is 49.3 Å². The minimum atomic E-state index is -1.57. The number of aliphatic hydroxyl groups is 5. The van der Waals surface area contributed by atoms with Crippen molar-refractivity contribution in [3.63, 3.8) is 0 Å². The Hall–Kier alpha value is -1.86. The fraction of sp³-hybridized carbons (Fsp3) is 0.919. The van der Waals surface area contributed by atoms with Gasteiger partial charge in [-0.05, 0) is 44.9 Å². The summed E-state index contributed by atoms with van der Waals surface area (Å²) < 4.78 is 16.7. The molecule has 85 heavy (non-hydrogen) atoms. The van der Waals surface area contributed by atoms with Crippen LogP contribution in [0.3, 0.4) is 0 Å². The largest absolute Gasteiger partial charge is 0.466 e. The van der Waals surface area contributed by atoms with Crippen molar-refractivity contribution in [3.05, 3.63) is 24.3 Å². The first-order chi connectivity index (χ1) is 41.7. The third-order valence-electron chi connectivity index (χ3n) is 17.8. The molecule has 7 unspecified atom stereocenters. The summed E-state index contributed by atoms with van der Waals surface area (Å²) in [5.41, 5.74) is 0. The SMILES string of the molecule is CCCCCCCCC/C=C/CC/C=C/C(O)C(COC1OC(CO)C(O)C(O)C1O)NC(=O)CCCCCCCCCCCCCCCCCCCCCCCCCCCCCCCCCCCOC(=O)CCCCCCCCCCCCC. The zero-order valence-electron chi connectivity index (χ0n) is 55.8. The Morgan fingerprint density at radius 2 is 0.765 bits per heavy atom. The summed E-state index contributed by atoms with van der Waals surface area (Å²) in [7, 11) is 0. The monoisotopic (exact) mass is 1200 g/mol. The highest BCUT2D eigenvalue weighted by molar-refractivity contribution is 5.76. The summed E-state index contributed by atoms with van der Waals surface area (Å²) in [6, 6.07) is -0.823. The van der Waals surface area contributed by atoms with E-state index in [1.54, 1.807) is 6.08 Å². The van der Waals surface area contributed by atoms with Crippen molar-refractivity contribution in [2.75, 3.05) is 19.8 Å². The van der Waals surface area contributed by atoms with Gasteiger partial charge in [0.1, 0.15) is 24.4 Å². The summed E-state index contributed by atoms with van der Waals surface area (Å²) >= 11 is 0. The molecule has 6 N–H and O–H groups in total. The van der Waals surface area contributed by atoms with Crippen LogP contribution in [0.25, 0.3) is 0 Å². The van der Waals surface area contributed by atoms with Gasteiger partial charge in [-0.2, -0.15) is 0 Å². The lowest BCUT2D eigenvalue weighted by Crippen LogP contribution is -2.60. The number of nitrogens with one attached hydrogen (secondary N) is 1. The standard InChI is InChI=1S/C74H141NO10/c1-3-5-7-9-11-13-15-37-41-44-48-52-56-60-67(77)66(65-84-74-73(82)72(81)71(80)68(64-76)85-74)75-69(78)61-57-53-49-45-42-38-35-33-31-29-27-25-23-21-19-17-16-18-20-22-24-26-28-30-32-34-36-39-43-47-51-55-59-63-83-70(79)62-58-54-50-46-40-14-12-10-8-6-4-2/h41,44,56,60,66-68,71-74,76-77,80-82H,3-40,42-43,45-55,57-59,61-65H2,1-2H3,(H,75,78)/b44-41+,60-56+. The van der Waals surface area contributed by atoms with Crippen LogP contribution in [0, 0.1) is 0 Å². The number of unbranched alkanes of at least 4 members (excludes halogenated alkanes) is 50. The number of ether oxygens (including phenoxy) is 3. The lowest BCUT2D eigenvalue weighted by atomic mass is 9.99. The average Bonchev–Trinajstić information content (AvgIpc) is 3.41. The van der Waals surface area contributed by atoms with Crippen LogP contribution in [-0.2, 0) is 23.8 Å². The molecule has 0 aromatic rings. The van der Waals surface area contributed by atoms with Gasteiger partial charge in [0.05, 0.1) is 32.0 Å².